The number of carbonyl (C=O) groups is 2. The summed E-state index contributed by atoms with van der Waals surface area (Å²) in [6.07, 6.45) is 2.00. The topological polar surface area (TPSA) is 117 Å². The number of allylic oxidation sites excluding steroid dienone is 1. The SMILES string of the molecule is COc1cc([N+](=O)[O-])c(OC)c(C/C=C/C(=O)N2C(=O)OC[C@@H]2c2ccccc2)c1OC. The lowest BCUT2D eigenvalue weighted by Crippen LogP contribution is -2.32. The molecule has 168 valence electrons. The lowest BCUT2D eigenvalue weighted by molar-refractivity contribution is -0.385. The number of nitrogens with zero attached hydrogens (tertiary/aromatic N) is 2. The van der Waals surface area contributed by atoms with Gasteiger partial charge in [-0.25, -0.2) is 9.69 Å². The van der Waals surface area contributed by atoms with Crippen LogP contribution in [0.3, 0.4) is 0 Å². The highest BCUT2D eigenvalue weighted by Crippen LogP contribution is 2.44. The second kappa shape index (κ2) is 9.82. The molecular weight excluding hydrogens is 420 g/mol. The molecule has 0 aromatic heterocycles. The molecule has 1 heterocycles. The average Bonchev–Trinajstić information content (AvgIpc) is 3.19. The van der Waals surface area contributed by atoms with Crippen LogP contribution < -0.4 is 14.2 Å². The van der Waals surface area contributed by atoms with Gasteiger partial charge in [0.2, 0.25) is 5.75 Å². The summed E-state index contributed by atoms with van der Waals surface area (Å²) in [6, 6.07) is 9.74. The Balaban J connectivity index is 1.89. The second-order valence-corrected chi connectivity index (χ2v) is 6.72. The number of methoxy groups -OCH3 is 3. The minimum atomic E-state index is -0.735. The number of ether oxygens (including phenoxy) is 4. The molecule has 10 nitrogen and oxygen atoms in total. The van der Waals surface area contributed by atoms with Gasteiger partial charge >= 0.3 is 11.8 Å². The van der Waals surface area contributed by atoms with Crippen LogP contribution in [0.1, 0.15) is 17.2 Å². The van der Waals surface area contributed by atoms with Crippen LogP contribution in [0.5, 0.6) is 17.2 Å². The van der Waals surface area contributed by atoms with Crippen molar-refractivity contribution in [1.29, 1.82) is 0 Å². The summed E-state index contributed by atoms with van der Waals surface area (Å²) in [5, 5.41) is 11.5. The van der Waals surface area contributed by atoms with E-state index in [4.69, 9.17) is 18.9 Å². The molecule has 1 fully saturated rings. The zero-order valence-corrected chi connectivity index (χ0v) is 17.8. The lowest BCUT2D eigenvalue weighted by Gasteiger charge is -2.18. The fourth-order valence-corrected chi connectivity index (χ4v) is 3.53. The molecule has 2 amide bonds. The Hall–Kier alpha value is -4.08. The van der Waals surface area contributed by atoms with Crippen molar-refractivity contribution in [2.24, 2.45) is 0 Å². The number of benzene rings is 2. The van der Waals surface area contributed by atoms with Crippen LogP contribution in [0, 0.1) is 10.1 Å². The maximum Gasteiger partial charge on any atom is 0.417 e. The Morgan fingerprint density at radius 2 is 1.88 bits per heavy atom. The zero-order chi connectivity index (χ0) is 23.3. The van der Waals surface area contributed by atoms with Crippen molar-refractivity contribution in [1.82, 2.24) is 4.90 Å². The van der Waals surface area contributed by atoms with E-state index in [1.165, 1.54) is 39.5 Å². The largest absolute Gasteiger partial charge is 0.493 e. The highest BCUT2D eigenvalue weighted by molar-refractivity contribution is 6.00. The van der Waals surface area contributed by atoms with Crippen molar-refractivity contribution in [2.45, 2.75) is 12.5 Å². The first-order valence-corrected chi connectivity index (χ1v) is 9.60. The highest BCUT2D eigenvalue weighted by atomic mass is 16.6. The summed E-state index contributed by atoms with van der Waals surface area (Å²) in [7, 11) is 4.06. The van der Waals surface area contributed by atoms with Gasteiger partial charge in [0.15, 0.2) is 11.5 Å². The van der Waals surface area contributed by atoms with Gasteiger partial charge in [-0.1, -0.05) is 36.4 Å². The number of hydrogen-bond donors (Lipinski definition) is 0. The zero-order valence-electron chi connectivity index (χ0n) is 17.8. The number of imide groups is 1. The molecule has 0 unspecified atom stereocenters. The number of rotatable bonds is 8. The summed E-state index contributed by atoms with van der Waals surface area (Å²) >= 11 is 0. The summed E-state index contributed by atoms with van der Waals surface area (Å²) < 4.78 is 20.9. The van der Waals surface area contributed by atoms with Crippen molar-refractivity contribution in [2.75, 3.05) is 27.9 Å². The van der Waals surface area contributed by atoms with Crippen molar-refractivity contribution >= 4 is 17.7 Å². The monoisotopic (exact) mass is 442 g/mol. The Kier molecular flexibility index (Phi) is 6.93. The molecule has 0 spiro atoms. The maximum absolute atomic E-state index is 12.8. The third-order valence-corrected chi connectivity index (χ3v) is 4.97. The van der Waals surface area contributed by atoms with Crippen LogP contribution in [0.25, 0.3) is 0 Å². The molecule has 0 bridgehead atoms. The van der Waals surface area contributed by atoms with E-state index in [2.05, 4.69) is 0 Å². The predicted octanol–water partition coefficient (Wildman–Crippen LogP) is 3.44. The number of hydrogen-bond acceptors (Lipinski definition) is 8. The van der Waals surface area contributed by atoms with Gasteiger partial charge in [0.1, 0.15) is 12.6 Å². The van der Waals surface area contributed by atoms with E-state index in [1.807, 2.05) is 30.3 Å². The first-order chi connectivity index (χ1) is 15.4. The fourth-order valence-electron chi connectivity index (χ4n) is 3.53. The molecule has 0 N–H and O–H groups in total. The molecule has 0 radical (unpaired) electrons. The van der Waals surface area contributed by atoms with Gasteiger partial charge in [0.05, 0.1) is 37.9 Å². The smallest absolute Gasteiger partial charge is 0.417 e. The molecule has 2 aromatic carbocycles. The standard InChI is InChI=1S/C22H22N2O8/c1-29-18-12-16(24(27)28)20(30-2)15(21(18)31-3)10-7-11-19(25)23-17(13-32-22(23)26)14-8-5-4-6-9-14/h4-9,11-12,17H,10,13H2,1-3H3/b11-7+/t17-/m1/s1. The van der Waals surface area contributed by atoms with Crippen LogP contribution in [-0.4, -0.2) is 49.8 Å². The second-order valence-electron chi connectivity index (χ2n) is 6.72. The third-order valence-electron chi connectivity index (χ3n) is 4.97. The predicted molar refractivity (Wildman–Crippen MR) is 113 cm³/mol. The molecule has 1 saturated heterocycles. The summed E-state index contributed by atoms with van der Waals surface area (Å²) in [5.41, 5.74) is 0.799. The van der Waals surface area contributed by atoms with E-state index in [1.54, 1.807) is 0 Å². The Morgan fingerprint density at radius 1 is 1.19 bits per heavy atom. The molecule has 2 aromatic rings. The highest BCUT2D eigenvalue weighted by Gasteiger charge is 2.37. The van der Waals surface area contributed by atoms with Crippen molar-refractivity contribution in [3.8, 4) is 17.2 Å². The molecular formula is C22H22N2O8. The minimum Gasteiger partial charge on any atom is -0.493 e. The lowest BCUT2D eigenvalue weighted by atomic mass is 10.1. The summed E-state index contributed by atoms with van der Waals surface area (Å²) in [4.78, 5) is 36.8. The quantitative estimate of drug-likeness (QED) is 0.347. The average molecular weight is 442 g/mol. The first kappa shape index (κ1) is 22.6. The number of carbonyl (C=O) groups excluding carboxylic acids is 2. The van der Waals surface area contributed by atoms with E-state index in [-0.39, 0.29) is 36.0 Å². The Bertz CT molecular complexity index is 1050. The van der Waals surface area contributed by atoms with Crippen LogP contribution in [0.4, 0.5) is 10.5 Å². The molecule has 1 aliphatic rings. The molecule has 10 heteroatoms. The molecule has 1 aliphatic heterocycles. The molecule has 1 atom stereocenters. The van der Waals surface area contributed by atoms with E-state index in [0.717, 1.165) is 10.5 Å². The number of amides is 2. The summed E-state index contributed by atoms with van der Waals surface area (Å²) in [6.45, 7) is 0.0617. The van der Waals surface area contributed by atoms with E-state index >= 15 is 0 Å². The maximum atomic E-state index is 12.8. The summed E-state index contributed by atoms with van der Waals surface area (Å²) in [5.74, 6) is -0.180. The van der Waals surface area contributed by atoms with E-state index in [0.29, 0.717) is 5.56 Å². The van der Waals surface area contributed by atoms with Crippen LogP contribution in [-0.2, 0) is 16.0 Å². The minimum absolute atomic E-state index is 0.00695. The van der Waals surface area contributed by atoms with Gasteiger partial charge in [-0.15, -0.1) is 0 Å². The van der Waals surface area contributed by atoms with E-state index < -0.39 is 23.0 Å². The Labute approximate surface area is 184 Å². The first-order valence-electron chi connectivity index (χ1n) is 9.60. The normalized spacial score (nSPS) is 15.5. The number of nitro groups is 1. The number of cyclic esters (lactones) is 1. The van der Waals surface area contributed by atoms with Gasteiger partial charge in [0.25, 0.3) is 5.91 Å². The Morgan fingerprint density at radius 3 is 2.47 bits per heavy atom. The molecule has 3 rings (SSSR count). The van der Waals surface area contributed by atoms with Crippen molar-refractivity contribution < 1.29 is 33.5 Å². The van der Waals surface area contributed by atoms with Crippen LogP contribution >= 0.6 is 0 Å². The van der Waals surface area contributed by atoms with Crippen molar-refractivity contribution in [3.05, 3.63) is 69.8 Å². The molecule has 0 aliphatic carbocycles. The van der Waals surface area contributed by atoms with Gasteiger partial charge in [-0.3, -0.25) is 14.9 Å². The van der Waals surface area contributed by atoms with Crippen LogP contribution in [0.15, 0.2) is 48.6 Å². The third kappa shape index (κ3) is 4.34. The fraction of sp³-hybridized carbons (Fsp3) is 0.273. The molecule has 32 heavy (non-hydrogen) atoms. The van der Waals surface area contributed by atoms with Crippen molar-refractivity contribution in [3.63, 3.8) is 0 Å². The van der Waals surface area contributed by atoms with Gasteiger partial charge in [-0.2, -0.15) is 0 Å². The van der Waals surface area contributed by atoms with Gasteiger partial charge < -0.3 is 18.9 Å². The van der Waals surface area contributed by atoms with E-state index in [9.17, 15) is 19.7 Å². The van der Waals surface area contributed by atoms with Gasteiger partial charge in [0, 0.05) is 6.08 Å². The number of nitro benzene ring substituents is 1. The van der Waals surface area contributed by atoms with Gasteiger partial charge in [-0.05, 0) is 12.0 Å². The van der Waals surface area contributed by atoms with Crippen LogP contribution in [0.2, 0.25) is 0 Å². The molecule has 0 saturated carbocycles.